The van der Waals surface area contributed by atoms with Gasteiger partial charge in [0.15, 0.2) is 0 Å². The highest BCUT2D eigenvalue weighted by Crippen LogP contribution is 2.28. The van der Waals surface area contributed by atoms with E-state index in [1.54, 1.807) is 7.11 Å². The second-order valence-corrected chi connectivity index (χ2v) is 6.21. The minimum absolute atomic E-state index is 0.243. The van der Waals surface area contributed by atoms with Crippen molar-refractivity contribution in [1.29, 1.82) is 0 Å². The fourth-order valence-corrected chi connectivity index (χ4v) is 3.23. The van der Waals surface area contributed by atoms with Crippen molar-refractivity contribution in [3.8, 4) is 5.75 Å². The van der Waals surface area contributed by atoms with Gasteiger partial charge in [0.05, 0.1) is 17.5 Å². The molecule has 1 aliphatic rings. The van der Waals surface area contributed by atoms with Gasteiger partial charge >= 0.3 is 5.97 Å². The summed E-state index contributed by atoms with van der Waals surface area (Å²) < 4.78 is 6.15. The zero-order valence-electron chi connectivity index (χ0n) is 11.8. The van der Waals surface area contributed by atoms with Crippen LogP contribution in [0.3, 0.4) is 0 Å². The van der Waals surface area contributed by atoms with Crippen LogP contribution in [0.15, 0.2) is 22.7 Å². The summed E-state index contributed by atoms with van der Waals surface area (Å²) in [5.41, 5.74) is 1.16. The van der Waals surface area contributed by atoms with E-state index in [2.05, 4.69) is 27.8 Å². The van der Waals surface area contributed by atoms with Crippen LogP contribution in [0.2, 0.25) is 0 Å². The molecule has 1 fully saturated rings. The van der Waals surface area contributed by atoms with E-state index < -0.39 is 5.97 Å². The summed E-state index contributed by atoms with van der Waals surface area (Å²) in [5.74, 6) is -0.116. The van der Waals surface area contributed by atoms with Crippen LogP contribution in [0.4, 0.5) is 0 Å². The lowest BCUT2D eigenvalue weighted by Gasteiger charge is -2.36. The monoisotopic (exact) mass is 341 g/mol. The zero-order chi connectivity index (χ0) is 14.7. The van der Waals surface area contributed by atoms with Gasteiger partial charge in [-0.05, 0) is 53.4 Å². The number of carboxylic acids is 1. The molecule has 0 radical (unpaired) electrons. The Kier molecular flexibility index (Phi) is 5.05. The summed E-state index contributed by atoms with van der Waals surface area (Å²) in [6.45, 7) is 3.56. The molecule has 1 N–H and O–H groups in total. The predicted molar refractivity (Wildman–Crippen MR) is 80.9 cm³/mol. The van der Waals surface area contributed by atoms with Gasteiger partial charge < -0.3 is 9.84 Å². The average molecular weight is 342 g/mol. The number of ether oxygens (including phenoxy) is 1. The van der Waals surface area contributed by atoms with Gasteiger partial charge in [0.2, 0.25) is 0 Å². The molecule has 1 aromatic carbocycles. The van der Waals surface area contributed by atoms with Crippen LogP contribution in [-0.2, 0) is 11.3 Å². The molecule has 4 nitrogen and oxygen atoms in total. The Balaban J connectivity index is 2.07. The molecule has 0 bridgehead atoms. The van der Waals surface area contributed by atoms with Crippen molar-refractivity contribution in [3.05, 3.63) is 28.2 Å². The van der Waals surface area contributed by atoms with E-state index in [9.17, 15) is 9.90 Å². The summed E-state index contributed by atoms with van der Waals surface area (Å²) in [5, 5.41) is 9.17. The number of carbonyl (C=O) groups is 1. The Morgan fingerprint density at radius 2 is 2.25 bits per heavy atom. The Hall–Kier alpha value is -1.07. The molecule has 0 aromatic heterocycles. The summed E-state index contributed by atoms with van der Waals surface area (Å²) in [6.07, 6.45) is 1.72. The predicted octanol–water partition coefficient (Wildman–Crippen LogP) is 3.14. The average Bonchev–Trinajstić information content (AvgIpc) is 2.41. The van der Waals surface area contributed by atoms with E-state index >= 15 is 0 Å². The number of hydrogen-bond acceptors (Lipinski definition) is 3. The summed E-state index contributed by atoms with van der Waals surface area (Å²) in [4.78, 5) is 13.4. The van der Waals surface area contributed by atoms with Gasteiger partial charge in [0.25, 0.3) is 0 Å². The van der Waals surface area contributed by atoms with E-state index in [1.807, 2.05) is 18.2 Å². The lowest BCUT2D eigenvalue weighted by molar-refractivity contribution is -0.144. The summed E-state index contributed by atoms with van der Waals surface area (Å²) in [6, 6.07) is 6.42. The van der Waals surface area contributed by atoms with Crippen LogP contribution in [0, 0.1) is 5.92 Å². The number of rotatable bonds is 4. The molecule has 1 saturated heterocycles. The smallest absolute Gasteiger partial charge is 0.307 e. The van der Waals surface area contributed by atoms with Crippen LogP contribution in [-0.4, -0.2) is 35.7 Å². The Morgan fingerprint density at radius 1 is 1.50 bits per heavy atom. The molecule has 0 amide bonds. The maximum absolute atomic E-state index is 11.1. The third-order valence-electron chi connectivity index (χ3n) is 3.96. The molecule has 5 heteroatoms. The molecule has 1 aromatic rings. The lowest BCUT2D eigenvalue weighted by Crippen LogP contribution is -2.43. The third kappa shape index (κ3) is 3.52. The number of carboxylic acid groups (broad SMARTS) is 1. The van der Waals surface area contributed by atoms with E-state index in [4.69, 9.17) is 4.74 Å². The number of likely N-dealkylation sites (tertiary alicyclic amines) is 1. The van der Waals surface area contributed by atoms with E-state index in [1.165, 1.54) is 0 Å². The van der Waals surface area contributed by atoms with Crippen molar-refractivity contribution >= 4 is 21.9 Å². The van der Waals surface area contributed by atoms with Crippen molar-refractivity contribution in [1.82, 2.24) is 4.90 Å². The highest BCUT2D eigenvalue weighted by Gasteiger charge is 2.29. The first-order valence-corrected chi connectivity index (χ1v) is 7.60. The number of methoxy groups -OCH3 is 1. The number of halogens is 1. The highest BCUT2D eigenvalue weighted by molar-refractivity contribution is 9.10. The molecular weight excluding hydrogens is 322 g/mol. The largest absolute Gasteiger partial charge is 0.496 e. The first-order valence-electron chi connectivity index (χ1n) is 6.80. The highest BCUT2D eigenvalue weighted by atomic mass is 79.9. The van der Waals surface area contributed by atoms with E-state index in [-0.39, 0.29) is 5.92 Å². The molecular formula is C15H20BrNO3. The SMILES string of the molecule is COc1ccc(CN2CC(C(=O)O)CCC2C)cc1Br. The Labute approximate surface area is 127 Å². The first kappa shape index (κ1) is 15.3. The molecule has 0 spiro atoms. The molecule has 2 unspecified atom stereocenters. The molecule has 0 saturated carbocycles. The number of nitrogens with zero attached hydrogens (tertiary/aromatic N) is 1. The zero-order valence-corrected chi connectivity index (χ0v) is 13.4. The fraction of sp³-hybridized carbons (Fsp3) is 0.533. The number of hydrogen-bond donors (Lipinski definition) is 1. The van der Waals surface area contributed by atoms with Crippen LogP contribution >= 0.6 is 15.9 Å². The molecule has 1 heterocycles. The normalized spacial score (nSPS) is 23.6. The van der Waals surface area contributed by atoms with Gasteiger partial charge in [0, 0.05) is 19.1 Å². The maximum atomic E-state index is 11.1. The fourth-order valence-electron chi connectivity index (χ4n) is 2.64. The van der Waals surface area contributed by atoms with Gasteiger partial charge in [-0.3, -0.25) is 9.69 Å². The molecule has 2 atom stereocenters. The van der Waals surface area contributed by atoms with Crippen molar-refractivity contribution in [2.45, 2.75) is 32.4 Å². The van der Waals surface area contributed by atoms with Crippen LogP contribution in [0.1, 0.15) is 25.3 Å². The van der Waals surface area contributed by atoms with Gasteiger partial charge in [0.1, 0.15) is 5.75 Å². The van der Waals surface area contributed by atoms with Crippen LogP contribution in [0.5, 0.6) is 5.75 Å². The van der Waals surface area contributed by atoms with Gasteiger partial charge in [-0.1, -0.05) is 6.07 Å². The molecule has 0 aliphatic carbocycles. The molecule has 20 heavy (non-hydrogen) atoms. The molecule has 1 aliphatic heterocycles. The van der Waals surface area contributed by atoms with Gasteiger partial charge in [-0.2, -0.15) is 0 Å². The maximum Gasteiger partial charge on any atom is 0.307 e. The van der Waals surface area contributed by atoms with Crippen LogP contribution in [0.25, 0.3) is 0 Å². The quantitative estimate of drug-likeness (QED) is 0.913. The van der Waals surface area contributed by atoms with Crippen molar-refractivity contribution in [2.75, 3.05) is 13.7 Å². The standard InChI is InChI=1S/C15H20BrNO3/c1-10-3-5-12(15(18)19)9-17(10)8-11-4-6-14(20-2)13(16)7-11/h4,6-7,10,12H,3,5,8-9H2,1-2H3,(H,18,19). The summed E-state index contributed by atoms with van der Waals surface area (Å²) in [7, 11) is 1.64. The number of piperidine rings is 1. The second kappa shape index (κ2) is 6.59. The second-order valence-electron chi connectivity index (χ2n) is 5.36. The van der Waals surface area contributed by atoms with Crippen molar-refractivity contribution < 1.29 is 14.6 Å². The summed E-state index contributed by atoms with van der Waals surface area (Å²) >= 11 is 3.48. The third-order valence-corrected chi connectivity index (χ3v) is 4.58. The van der Waals surface area contributed by atoms with E-state index in [0.717, 1.165) is 35.2 Å². The Bertz CT molecular complexity index is 492. The minimum Gasteiger partial charge on any atom is -0.496 e. The molecule has 110 valence electrons. The Morgan fingerprint density at radius 3 is 2.85 bits per heavy atom. The van der Waals surface area contributed by atoms with E-state index in [0.29, 0.717) is 12.6 Å². The topological polar surface area (TPSA) is 49.8 Å². The van der Waals surface area contributed by atoms with Gasteiger partial charge in [-0.15, -0.1) is 0 Å². The number of benzene rings is 1. The van der Waals surface area contributed by atoms with Gasteiger partial charge in [-0.25, -0.2) is 0 Å². The first-order chi connectivity index (χ1) is 9.51. The lowest BCUT2D eigenvalue weighted by atomic mass is 9.93. The van der Waals surface area contributed by atoms with Crippen molar-refractivity contribution in [3.63, 3.8) is 0 Å². The minimum atomic E-state index is -0.683. The number of aliphatic carboxylic acids is 1. The molecule has 2 rings (SSSR count). The van der Waals surface area contributed by atoms with Crippen molar-refractivity contribution in [2.24, 2.45) is 5.92 Å². The van der Waals surface area contributed by atoms with Crippen LogP contribution < -0.4 is 4.74 Å².